The highest BCUT2D eigenvalue weighted by Gasteiger charge is 2.30. The van der Waals surface area contributed by atoms with E-state index in [2.05, 4.69) is 167 Å². The molecule has 7 rings (SSSR count). The van der Waals surface area contributed by atoms with Gasteiger partial charge in [0.05, 0.1) is 0 Å². The van der Waals surface area contributed by atoms with Crippen LogP contribution in [0.4, 0.5) is 0 Å². The molecule has 0 fully saturated rings. The van der Waals surface area contributed by atoms with E-state index in [1.807, 2.05) is 0 Å². The molecule has 2 aliphatic rings. The van der Waals surface area contributed by atoms with Gasteiger partial charge in [0.15, 0.2) is 0 Å². The smallest absolute Gasteiger partial charge is 0.0353 e. The lowest BCUT2D eigenvalue weighted by Gasteiger charge is -2.15. The van der Waals surface area contributed by atoms with E-state index in [1.54, 1.807) is 0 Å². The third-order valence-electron chi connectivity index (χ3n) is 7.35. The molecule has 0 saturated carbocycles. The van der Waals surface area contributed by atoms with Crippen LogP contribution in [-0.4, -0.2) is 0 Å². The molecule has 0 amide bonds. The molecule has 0 aromatic heterocycles. The topological polar surface area (TPSA) is 0 Å². The number of hydrogen-bond donors (Lipinski definition) is 0. The molecule has 0 N–H and O–H groups in total. The molecule has 0 spiro atoms. The monoisotopic (exact) mass is 730 g/mol. The average Bonchev–Trinajstić information content (AvgIpc) is 3.35. The van der Waals surface area contributed by atoms with Gasteiger partial charge in [0.2, 0.25) is 0 Å². The van der Waals surface area contributed by atoms with Crippen molar-refractivity contribution in [1.29, 1.82) is 0 Å². The summed E-state index contributed by atoms with van der Waals surface area (Å²) in [6.45, 7) is 0. The zero-order valence-corrected chi connectivity index (χ0v) is 25.7. The van der Waals surface area contributed by atoms with Crippen LogP contribution in [0.1, 0.15) is 39.3 Å². The van der Waals surface area contributed by atoms with Gasteiger partial charge < -0.3 is 0 Å². The fourth-order valence-corrected chi connectivity index (χ4v) is 7.24. The Labute approximate surface area is 250 Å². The van der Waals surface area contributed by atoms with Crippen LogP contribution in [0.2, 0.25) is 0 Å². The standard InChI is InChI=1S/C33H18Br4/c34-20-5-9-24-25-10-6-21(35)15-30(25)28(29(24)14-20)13-18-1-3-19(4-2-18)33-31-16-22(36)7-11-26(31)27-12-8-23(37)17-32(27)33/h1-17,33H. The van der Waals surface area contributed by atoms with Gasteiger partial charge in [-0.1, -0.05) is 112 Å². The summed E-state index contributed by atoms with van der Waals surface area (Å²) in [7, 11) is 0. The first-order valence-electron chi connectivity index (χ1n) is 12.0. The number of fused-ring (bicyclic) bond motifs is 6. The van der Waals surface area contributed by atoms with Crippen molar-refractivity contribution in [2.45, 2.75) is 5.92 Å². The van der Waals surface area contributed by atoms with Gasteiger partial charge >= 0.3 is 0 Å². The first-order valence-corrected chi connectivity index (χ1v) is 15.1. The van der Waals surface area contributed by atoms with E-state index in [-0.39, 0.29) is 5.92 Å². The quantitative estimate of drug-likeness (QED) is 0.166. The van der Waals surface area contributed by atoms with Crippen LogP contribution in [0.25, 0.3) is 33.9 Å². The summed E-state index contributed by atoms with van der Waals surface area (Å²) in [6, 6.07) is 35.5. The van der Waals surface area contributed by atoms with Gasteiger partial charge in [-0.15, -0.1) is 0 Å². The van der Waals surface area contributed by atoms with E-state index in [0.717, 1.165) is 17.9 Å². The SMILES string of the molecule is Brc1ccc2c(c1)C(=Cc1ccc(C3c4cc(Br)ccc4-c4ccc(Br)cc43)cc1)c1cc(Br)ccc1-2. The zero-order chi connectivity index (χ0) is 25.3. The molecule has 5 aromatic carbocycles. The van der Waals surface area contributed by atoms with Crippen molar-refractivity contribution in [2.24, 2.45) is 0 Å². The maximum atomic E-state index is 3.70. The highest BCUT2D eigenvalue weighted by Crippen LogP contribution is 2.50. The van der Waals surface area contributed by atoms with Crippen molar-refractivity contribution in [2.75, 3.05) is 0 Å². The second kappa shape index (κ2) is 9.20. The molecule has 37 heavy (non-hydrogen) atoms. The molecule has 0 atom stereocenters. The van der Waals surface area contributed by atoms with Gasteiger partial charge in [0.1, 0.15) is 0 Å². The summed E-state index contributed by atoms with van der Waals surface area (Å²) < 4.78 is 4.41. The molecule has 178 valence electrons. The van der Waals surface area contributed by atoms with E-state index in [4.69, 9.17) is 0 Å². The maximum absolute atomic E-state index is 3.70. The van der Waals surface area contributed by atoms with Crippen LogP contribution in [0.5, 0.6) is 0 Å². The summed E-state index contributed by atoms with van der Waals surface area (Å²) in [5.74, 6) is 0.210. The van der Waals surface area contributed by atoms with E-state index < -0.39 is 0 Å². The average molecular weight is 734 g/mol. The van der Waals surface area contributed by atoms with Crippen LogP contribution >= 0.6 is 63.7 Å². The molecular weight excluding hydrogens is 716 g/mol. The minimum absolute atomic E-state index is 0.210. The number of hydrogen-bond acceptors (Lipinski definition) is 0. The Morgan fingerprint density at radius 2 is 0.865 bits per heavy atom. The molecule has 4 heteroatoms. The van der Waals surface area contributed by atoms with Crippen LogP contribution in [0.15, 0.2) is 115 Å². The highest BCUT2D eigenvalue weighted by atomic mass is 79.9. The summed E-state index contributed by atoms with van der Waals surface area (Å²) in [5, 5.41) is 0. The van der Waals surface area contributed by atoms with E-state index in [0.29, 0.717) is 0 Å². The molecule has 0 aliphatic heterocycles. The molecule has 0 radical (unpaired) electrons. The molecule has 2 aliphatic carbocycles. The first-order chi connectivity index (χ1) is 18.0. The van der Waals surface area contributed by atoms with Crippen molar-refractivity contribution in [3.05, 3.63) is 148 Å². The van der Waals surface area contributed by atoms with Gasteiger partial charge in [-0.25, -0.2) is 0 Å². The zero-order valence-electron chi connectivity index (χ0n) is 19.4. The Hall–Kier alpha value is -2.24. The molecule has 5 aromatic rings. The summed E-state index contributed by atoms with van der Waals surface area (Å²) >= 11 is 14.8. The summed E-state index contributed by atoms with van der Waals surface area (Å²) in [4.78, 5) is 0. The Bertz CT molecular complexity index is 1660. The Morgan fingerprint density at radius 1 is 0.432 bits per heavy atom. The molecule has 0 bridgehead atoms. The van der Waals surface area contributed by atoms with Gasteiger partial charge in [-0.05, 0) is 116 Å². The molecule has 0 nitrogen and oxygen atoms in total. The lowest BCUT2D eigenvalue weighted by Crippen LogP contribution is -1.99. The molecule has 0 heterocycles. The Balaban J connectivity index is 1.33. The second-order valence-corrected chi connectivity index (χ2v) is 13.2. The van der Waals surface area contributed by atoms with Crippen LogP contribution < -0.4 is 0 Å². The second-order valence-electron chi connectivity index (χ2n) is 9.50. The van der Waals surface area contributed by atoms with Gasteiger partial charge in [-0.2, -0.15) is 0 Å². The van der Waals surface area contributed by atoms with E-state index >= 15 is 0 Å². The minimum atomic E-state index is 0.210. The third-order valence-corrected chi connectivity index (χ3v) is 9.33. The van der Waals surface area contributed by atoms with Gasteiger partial charge in [0.25, 0.3) is 0 Å². The lowest BCUT2D eigenvalue weighted by molar-refractivity contribution is 1.01. The van der Waals surface area contributed by atoms with Gasteiger partial charge in [-0.3, -0.25) is 0 Å². The highest BCUT2D eigenvalue weighted by molar-refractivity contribution is 9.11. The van der Waals surface area contributed by atoms with Crippen LogP contribution in [-0.2, 0) is 0 Å². The van der Waals surface area contributed by atoms with Crippen molar-refractivity contribution in [1.82, 2.24) is 0 Å². The van der Waals surface area contributed by atoms with Crippen molar-refractivity contribution < 1.29 is 0 Å². The van der Waals surface area contributed by atoms with Crippen molar-refractivity contribution >= 4 is 75.4 Å². The summed E-state index contributed by atoms with van der Waals surface area (Å²) in [5.41, 5.74) is 14.2. The third kappa shape index (κ3) is 4.04. The molecular formula is C33H18Br4. The number of rotatable bonds is 2. The Morgan fingerprint density at radius 3 is 1.35 bits per heavy atom. The normalized spacial score (nSPS) is 13.2. The number of benzene rings is 5. The molecule has 0 saturated heterocycles. The van der Waals surface area contributed by atoms with E-state index in [1.165, 1.54) is 61.2 Å². The molecule has 0 unspecified atom stereocenters. The fraction of sp³-hybridized carbons (Fsp3) is 0.0303. The summed E-state index contributed by atoms with van der Waals surface area (Å²) in [6.07, 6.45) is 2.32. The van der Waals surface area contributed by atoms with Crippen LogP contribution in [0.3, 0.4) is 0 Å². The predicted molar refractivity (Wildman–Crippen MR) is 169 cm³/mol. The van der Waals surface area contributed by atoms with E-state index in [9.17, 15) is 0 Å². The van der Waals surface area contributed by atoms with Crippen molar-refractivity contribution in [3.8, 4) is 22.3 Å². The van der Waals surface area contributed by atoms with Crippen LogP contribution in [0, 0.1) is 0 Å². The predicted octanol–water partition coefficient (Wildman–Crippen LogP) is 11.5. The Kier molecular flexibility index (Phi) is 5.93. The fourth-order valence-electron chi connectivity index (χ4n) is 5.76. The van der Waals surface area contributed by atoms with Crippen molar-refractivity contribution in [3.63, 3.8) is 0 Å². The maximum Gasteiger partial charge on any atom is 0.0353 e. The largest absolute Gasteiger partial charge is 0.0575 e. The van der Waals surface area contributed by atoms with Gasteiger partial charge in [0, 0.05) is 23.8 Å². The number of halogens is 4. The lowest BCUT2D eigenvalue weighted by atomic mass is 9.88. The minimum Gasteiger partial charge on any atom is -0.0575 e. The first kappa shape index (κ1) is 23.8.